The van der Waals surface area contributed by atoms with Crippen molar-refractivity contribution in [1.29, 1.82) is 0 Å². The van der Waals surface area contributed by atoms with Crippen molar-refractivity contribution in [1.82, 2.24) is 0 Å². The highest BCUT2D eigenvalue weighted by molar-refractivity contribution is 5.21. The van der Waals surface area contributed by atoms with Crippen molar-refractivity contribution in [3.8, 4) is 0 Å². The van der Waals surface area contributed by atoms with Crippen LogP contribution in [0, 0.1) is 5.92 Å². The molecule has 0 saturated carbocycles. The molecule has 84 valence electrons. The first-order chi connectivity index (χ1) is 7.08. The fraction of sp³-hybridized carbons (Fsp3) is 0.571. The number of hydrogen-bond donors (Lipinski definition) is 1. The van der Waals surface area contributed by atoms with Gasteiger partial charge in [-0.25, -0.2) is 0 Å². The first kappa shape index (κ1) is 12.3. The molecule has 1 heteroatoms. The second-order valence-corrected chi connectivity index (χ2v) is 4.68. The normalized spacial score (nSPS) is 15.3. The maximum Gasteiger partial charge on any atom is 0.0894 e. The fourth-order valence-electron chi connectivity index (χ4n) is 1.80. The van der Waals surface area contributed by atoms with Gasteiger partial charge in [0, 0.05) is 0 Å². The van der Waals surface area contributed by atoms with E-state index in [1.807, 2.05) is 37.3 Å². The van der Waals surface area contributed by atoms with Gasteiger partial charge in [-0.1, -0.05) is 51.1 Å². The highest BCUT2D eigenvalue weighted by atomic mass is 16.3. The Bertz CT molecular complexity index is 279. The van der Waals surface area contributed by atoms with Gasteiger partial charge in [-0.15, -0.1) is 0 Å². The Kier molecular flexibility index (Phi) is 4.34. The van der Waals surface area contributed by atoms with Crippen LogP contribution in [-0.4, -0.2) is 5.11 Å². The first-order valence-corrected chi connectivity index (χ1v) is 5.86. The van der Waals surface area contributed by atoms with Crippen molar-refractivity contribution in [2.24, 2.45) is 5.92 Å². The minimum atomic E-state index is -0.633. The number of aliphatic hydroxyl groups is 1. The topological polar surface area (TPSA) is 20.2 Å². The largest absolute Gasteiger partial charge is 0.385 e. The second kappa shape index (κ2) is 5.32. The molecule has 0 amide bonds. The molecule has 15 heavy (non-hydrogen) atoms. The first-order valence-electron chi connectivity index (χ1n) is 5.86. The molecule has 0 radical (unpaired) electrons. The second-order valence-electron chi connectivity index (χ2n) is 4.68. The van der Waals surface area contributed by atoms with E-state index in [4.69, 9.17) is 0 Å². The Morgan fingerprint density at radius 1 is 1.20 bits per heavy atom. The predicted octanol–water partition coefficient (Wildman–Crippen LogP) is 3.72. The van der Waals surface area contributed by atoms with Gasteiger partial charge in [0.25, 0.3) is 0 Å². The van der Waals surface area contributed by atoms with Gasteiger partial charge < -0.3 is 5.11 Å². The van der Waals surface area contributed by atoms with Crippen LogP contribution in [0.3, 0.4) is 0 Å². The SMILES string of the molecule is CCC(O)(CCC(C)C)c1ccccc1. The zero-order valence-electron chi connectivity index (χ0n) is 10.0. The van der Waals surface area contributed by atoms with Crippen LogP contribution in [0.5, 0.6) is 0 Å². The third kappa shape index (κ3) is 3.35. The van der Waals surface area contributed by atoms with E-state index < -0.39 is 5.60 Å². The molecular formula is C14H22O. The van der Waals surface area contributed by atoms with E-state index in [0.717, 1.165) is 24.8 Å². The summed E-state index contributed by atoms with van der Waals surface area (Å²) < 4.78 is 0. The molecule has 1 N–H and O–H groups in total. The molecule has 0 bridgehead atoms. The standard InChI is InChI=1S/C14H22O/c1-4-14(15,11-10-12(2)3)13-8-6-5-7-9-13/h5-9,12,15H,4,10-11H2,1-3H3. The van der Waals surface area contributed by atoms with Crippen LogP contribution in [0.25, 0.3) is 0 Å². The van der Waals surface area contributed by atoms with Gasteiger partial charge in [-0.2, -0.15) is 0 Å². The summed E-state index contributed by atoms with van der Waals surface area (Å²) in [4.78, 5) is 0. The number of rotatable bonds is 5. The quantitative estimate of drug-likeness (QED) is 0.778. The molecule has 0 aliphatic carbocycles. The molecule has 1 nitrogen and oxygen atoms in total. The van der Waals surface area contributed by atoms with Gasteiger partial charge in [0.05, 0.1) is 5.60 Å². The summed E-state index contributed by atoms with van der Waals surface area (Å²) in [5.74, 6) is 0.645. The van der Waals surface area contributed by atoms with Gasteiger partial charge >= 0.3 is 0 Å². The highest BCUT2D eigenvalue weighted by Crippen LogP contribution is 2.31. The highest BCUT2D eigenvalue weighted by Gasteiger charge is 2.26. The summed E-state index contributed by atoms with van der Waals surface area (Å²) in [6.07, 6.45) is 2.70. The summed E-state index contributed by atoms with van der Waals surface area (Å²) in [6, 6.07) is 10.0. The summed E-state index contributed by atoms with van der Waals surface area (Å²) in [6.45, 7) is 6.44. The third-order valence-corrected chi connectivity index (χ3v) is 3.03. The van der Waals surface area contributed by atoms with Crippen molar-refractivity contribution < 1.29 is 5.11 Å². The van der Waals surface area contributed by atoms with E-state index in [1.54, 1.807) is 0 Å². The average molecular weight is 206 g/mol. The van der Waals surface area contributed by atoms with E-state index in [2.05, 4.69) is 13.8 Å². The summed E-state index contributed by atoms with van der Waals surface area (Å²) in [5.41, 5.74) is 0.416. The van der Waals surface area contributed by atoms with Crippen molar-refractivity contribution in [2.75, 3.05) is 0 Å². The maximum absolute atomic E-state index is 10.5. The van der Waals surface area contributed by atoms with E-state index >= 15 is 0 Å². The van der Waals surface area contributed by atoms with Gasteiger partial charge in [-0.05, 0) is 30.7 Å². The van der Waals surface area contributed by atoms with Crippen LogP contribution >= 0.6 is 0 Å². The van der Waals surface area contributed by atoms with Crippen molar-refractivity contribution in [3.05, 3.63) is 35.9 Å². The maximum atomic E-state index is 10.5. The molecule has 1 aromatic carbocycles. The summed E-state index contributed by atoms with van der Waals surface area (Å²) >= 11 is 0. The Balaban J connectivity index is 2.76. The molecule has 0 spiro atoms. The molecular weight excluding hydrogens is 184 g/mol. The van der Waals surface area contributed by atoms with Gasteiger partial charge in [0.2, 0.25) is 0 Å². The van der Waals surface area contributed by atoms with E-state index in [0.29, 0.717) is 5.92 Å². The summed E-state index contributed by atoms with van der Waals surface area (Å²) in [5, 5.41) is 10.5. The van der Waals surface area contributed by atoms with Crippen molar-refractivity contribution in [2.45, 2.75) is 45.6 Å². The van der Waals surface area contributed by atoms with E-state index in [1.165, 1.54) is 0 Å². The number of hydrogen-bond acceptors (Lipinski definition) is 1. The summed E-state index contributed by atoms with van der Waals surface area (Å²) in [7, 11) is 0. The van der Waals surface area contributed by atoms with Crippen LogP contribution in [0.2, 0.25) is 0 Å². The smallest absolute Gasteiger partial charge is 0.0894 e. The molecule has 0 heterocycles. The van der Waals surface area contributed by atoms with Crippen LogP contribution in [0.4, 0.5) is 0 Å². The molecule has 1 unspecified atom stereocenters. The molecule has 0 aliphatic rings. The lowest BCUT2D eigenvalue weighted by Crippen LogP contribution is -2.25. The van der Waals surface area contributed by atoms with E-state index in [-0.39, 0.29) is 0 Å². The predicted molar refractivity (Wildman–Crippen MR) is 64.7 cm³/mol. The lowest BCUT2D eigenvalue weighted by atomic mass is 9.85. The Morgan fingerprint density at radius 2 is 1.80 bits per heavy atom. The van der Waals surface area contributed by atoms with Crippen molar-refractivity contribution >= 4 is 0 Å². The lowest BCUT2D eigenvalue weighted by molar-refractivity contribution is 0.0182. The van der Waals surface area contributed by atoms with E-state index in [9.17, 15) is 5.11 Å². The lowest BCUT2D eigenvalue weighted by Gasteiger charge is -2.28. The number of benzene rings is 1. The Labute approximate surface area is 93.1 Å². The molecule has 1 atom stereocenters. The zero-order valence-corrected chi connectivity index (χ0v) is 10.0. The van der Waals surface area contributed by atoms with Gasteiger partial charge in [0.1, 0.15) is 0 Å². The Morgan fingerprint density at radius 3 is 2.27 bits per heavy atom. The van der Waals surface area contributed by atoms with Gasteiger partial charge in [0.15, 0.2) is 0 Å². The average Bonchev–Trinajstić information content (AvgIpc) is 2.27. The molecule has 1 rings (SSSR count). The molecule has 0 fully saturated rings. The minimum absolute atomic E-state index is 0.633. The molecule has 0 aliphatic heterocycles. The molecule has 0 saturated heterocycles. The zero-order chi connectivity index (χ0) is 11.3. The van der Waals surface area contributed by atoms with Crippen LogP contribution in [-0.2, 0) is 5.60 Å². The van der Waals surface area contributed by atoms with Crippen molar-refractivity contribution in [3.63, 3.8) is 0 Å². The molecule has 0 aromatic heterocycles. The Hall–Kier alpha value is -0.820. The third-order valence-electron chi connectivity index (χ3n) is 3.03. The fourth-order valence-corrected chi connectivity index (χ4v) is 1.80. The monoisotopic (exact) mass is 206 g/mol. The van der Waals surface area contributed by atoms with Crippen LogP contribution in [0.15, 0.2) is 30.3 Å². The van der Waals surface area contributed by atoms with Gasteiger partial charge in [-0.3, -0.25) is 0 Å². The van der Waals surface area contributed by atoms with Crippen LogP contribution < -0.4 is 0 Å². The minimum Gasteiger partial charge on any atom is -0.385 e. The van der Waals surface area contributed by atoms with Crippen LogP contribution in [0.1, 0.15) is 45.6 Å². The molecule has 1 aromatic rings.